The van der Waals surface area contributed by atoms with Crippen LogP contribution in [-0.4, -0.2) is 55.6 Å². The fourth-order valence-corrected chi connectivity index (χ4v) is 4.53. The van der Waals surface area contributed by atoms with E-state index in [1.165, 1.54) is 60.5 Å². The summed E-state index contributed by atoms with van der Waals surface area (Å²) in [5, 5.41) is 3.23. The largest absolute Gasteiger partial charge is 0.354 e. The first kappa shape index (κ1) is 27.8. The quantitative estimate of drug-likeness (QED) is 0.498. The van der Waals surface area contributed by atoms with Crippen LogP contribution in [0.5, 0.6) is 0 Å². The molecule has 0 unspecified atom stereocenters. The first-order valence-electron chi connectivity index (χ1n) is 11.0. The van der Waals surface area contributed by atoms with Gasteiger partial charge in [0.2, 0.25) is 21.8 Å². The van der Waals surface area contributed by atoms with E-state index in [2.05, 4.69) is 5.32 Å². The maximum absolute atomic E-state index is 13.4. The summed E-state index contributed by atoms with van der Waals surface area (Å²) in [5.74, 6) is -1.07. The highest BCUT2D eigenvalue weighted by Gasteiger charge is 2.31. The molecule has 186 valence electrons. The summed E-state index contributed by atoms with van der Waals surface area (Å²) >= 11 is 5.85. The van der Waals surface area contributed by atoms with E-state index in [0.717, 1.165) is 4.31 Å². The van der Waals surface area contributed by atoms with Gasteiger partial charge >= 0.3 is 0 Å². The van der Waals surface area contributed by atoms with E-state index in [9.17, 15) is 22.4 Å². The van der Waals surface area contributed by atoms with E-state index in [0.29, 0.717) is 23.6 Å². The highest BCUT2D eigenvalue weighted by Crippen LogP contribution is 2.19. The maximum atomic E-state index is 13.4. The zero-order valence-corrected chi connectivity index (χ0v) is 21.4. The standard InChI is InChI=1S/C24H31ClFN3O4S/c1-5-22(24(31)27-14-17(2)3)29(15-18-6-10-20(26)11-7-18)23(30)16-28(4)34(32,33)21-12-8-19(25)9-13-21/h6-13,17,22H,5,14-16H2,1-4H3,(H,27,31)/t22-/m1/s1. The molecule has 0 aliphatic rings. The summed E-state index contributed by atoms with van der Waals surface area (Å²) in [4.78, 5) is 27.6. The van der Waals surface area contributed by atoms with Crippen molar-refractivity contribution < 1.29 is 22.4 Å². The molecule has 0 fully saturated rings. The molecule has 0 aromatic heterocycles. The van der Waals surface area contributed by atoms with Crippen molar-refractivity contribution in [3.05, 3.63) is 64.9 Å². The molecule has 0 saturated heterocycles. The van der Waals surface area contributed by atoms with Gasteiger partial charge in [0.05, 0.1) is 11.4 Å². The Morgan fingerprint density at radius 3 is 2.18 bits per heavy atom. The molecule has 34 heavy (non-hydrogen) atoms. The van der Waals surface area contributed by atoms with Crippen molar-refractivity contribution in [2.75, 3.05) is 20.1 Å². The van der Waals surface area contributed by atoms with Gasteiger partial charge in [0.25, 0.3) is 0 Å². The van der Waals surface area contributed by atoms with Crippen LogP contribution >= 0.6 is 11.6 Å². The van der Waals surface area contributed by atoms with Gasteiger partial charge < -0.3 is 10.2 Å². The van der Waals surface area contributed by atoms with Crippen molar-refractivity contribution >= 4 is 33.4 Å². The van der Waals surface area contributed by atoms with Gasteiger partial charge in [-0.3, -0.25) is 9.59 Å². The van der Waals surface area contributed by atoms with E-state index in [4.69, 9.17) is 11.6 Å². The Kier molecular flexibility index (Phi) is 10.0. The molecule has 0 radical (unpaired) electrons. The number of carbonyl (C=O) groups excluding carboxylic acids is 2. The number of nitrogens with one attached hydrogen (secondary N) is 1. The third-order valence-corrected chi connectivity index (χ3v) is 7.29. The number of hydrogen-bond donors (Lipinski definition) is 1. The van der Waals surface area contributed by atoms with Gasteiger partial charge in [-0.1, -0.05) is 44.5 Å². The number of rotatable bonds is 11. The van der Waals surface area contributed by atoms with E-state index in [1.54, 1.807) is 6.92 Å². The molecule has 0 heterocycles. The summed E-state index contributed by atoms with van der Waals surface area (Å²) in [6.07, 6.45) is 0.324. The Labute approximate surface area is 205 Å². The molecule has 0 aliphatic heterocycles. The van der Waals surface area contributed by atoms with Crippen LogP contribution in [-0.2, 0) is 26.2 Å². The predicted molar refractivity (Wildman–Crippen MR) is 130 cm³/mol. The van der Waals surface area contributed by atoms with Gasteiger partial charge in [0.1, 0.15) is 11.9 Å². The van der Waals surface area contributed by atoms with E-state index in [-0.39, 0.29) is 23.3 Å². The number of sulfonamides is 1. The molecule has 0 aliphatic carbocycles. The van der Waals surface area contributed by atoms with Crippen molar-refractivity contribution in [3.8, 4) is 0 Å². The van der Waals surface area contributed by atoms with Crippen molar-refractivity contribution in [2.45, 2.75) is 44.7 Å². The number of carbonyl (C=O) groups is 2. The second kappa shape index (κ2) is 12.3. The summed E-state index contributed by atoms with van der Waals surface area (Å²) in [6.45, 7) is 5.69. The summed E-state index contributed by atoms with van der Waals surface area (Å²) in [5.41, 5.74) is 0.619. The van der Waals surface area contributed by atoms with E-state index >= 15 is 0 Å². The molecule has 10 heteroatoms. The zero-order chi connectivity index (χ0) is 25.5. The average Bonchev–Trinajstić information content (AvgIpc) is 2.79. The lowest BCUT2D eigenvalue weighted by Gasteiger charge is -2.32. The van der Waals surface area contributed by atoms with Gasteiger partial charge in [-0.2, -0.15) is 4.31 Å². The van der Waals surface area contributed by atoms with Gasteiger partial charge in [0.15, 0.2) is 0 Å². The minimum absolute atomic E-state index is 0.000924. The molecule has 0 saturated carbocycles. The lowest BCUT2D eigenvalue weighted by Crippen LogP contribution is -2.52. The first-order valence-corrected chi connectivity index (χ1v) is 12.8. The van der Waals surface area contributed by atoms with Crippen LogP contribution in [0.2, 0.25) is 5.02 Å². The summed E-state index contributed by atoms with van der Waals surface area (Å²) in [6, 6.07) is 10.4. The van der Waals surface area contributed by atoms with Crippen LogP contribution in [0, 0.1) is 11.7 Å². The average molecular weight is 512 g/mol. The highest BCUT2D eigenvalue weighted by atomic mass is 35.5. The van der Waals surface area contributed by atoms with Crippen molar-refractivity contribution in [1.82, 2.24) is 14.5 Å². The van der Waals surface area contributed by atoms with Crippen LogP contribution < -0.4 is 5.32 Å². The van der Waals surface area contributed by atoms with Crippen molar-refractivity contribution in [3.63, 3.8) is 0 Å². The molecule has 1 N–H and O–H groups in total. The van der Waals surface area contributed by atoms with Crippen LogP contribution in [0.25, 0.3) is 0 Å². The van der Waals surface area contributed by atoms with Crippen LogP contribution in [0.4, 0.5) is 4.39 Å². The monoisotopic (exact) mass is 511 g/mol. The number of amides is 2. The second-order valence-electron chi connectivity index (χ2n) is 8.43. The Hall–Kier alpha value is -2.49. The molecule has 2 aromatic carbocycles. The van der Waals surface area contributed by atoms with Crippen LogP contribution in [0.1, 0.15) is 32.8 Å². The van der Waals surface area contributed by atoms with Crippen LogP contribution in [0.15, 0.2) is 53.4 Å². The lowest BCUT2D eigenvalue weighted by molar-refractivity contribution is -0.141. The molecule has 1 atom stereocenters. The second-order valence-corrected chi connectivity index (χ2v) is 10.9. The number of nitrogens with zero attached hydrogens (tertiary/aromatic N) is 2. The Bertz CT molecular complexity index is 1080. The van der Waals surface area contributed by atoms with E-state index in [1.807, 2.05) is 13.8 Å². The number of likely N-dealkylation sites (N-methyl/N-ethyl adjacent to an activating group) is 1. The van der Waals surface area contributed by atoms with Crippen molar-refractivity contribution in [2.24, 2.45) is 5.92 Å². The fourth-order valence-electron chi connectivity index (χ4n) is 3.28. The first-order chi connectivity index (χ1) is 15.9. The zero-order valence-electron chi connectivity index (χ0n) is 19.8. The highest BCUT2D eigenvalue weighted by molar-refractivity contribution is 7.89. The van der Waals surface area contributed by atoms with Crippen molar-refractivity contribution in [1.29, 1.82) is 0 Å². The fraction of sp³-hybridized carbons (Fsp3) is 0.417. The number of hydrogen-bond acceptors (Lipinski definition) is 4. The Balaban J connectivity index is 2.30. The summed E-state index contributed by atoms with van der Waals surface area (Å²) < 4.78 is 40.2. The predicted octanol–water partition coefficient (Wildman–Crippen LogP) is 3.68. The third kappa shape index (κ3) is 7.51. The third-order valence-electron chi connectivity index (χ3n) is 5.22. The van der Waals surface area contributed by atoms with Gasteiger partial charge in [-0.25, -0.2) is 12.8 Å². The maximum Gasteiger partial charge on any atom is 0.243 e. The molecule has 0 bridgehead atoms. The molecule has 2 amide bonds. The molecular weight excluding hydrogens is 481 g/mol. The van der Waals surface area contributed by atoms with Gasteiger partial charge in [-0.05, 0) is 54.3 Å². The minimum Gasteiger partial charge on any atom is -0.354 e. The Morgan fingerprint density at radius 2 is 1.65 bits per heavy atom. The molecule has 2 aromatic rings. The molecule has 0 spiro atoms. The van der Waals surface area contributed by atoms with Crippen LogP contribution in [0.3, 0.4) is 0 Å². The minimum atomic E-state index is -3.96. The SMILES string of the molecule is CC[C@H](C(=O)NCC(C)C)N(Cc1ccc(F)cc1)C(=O)CN(C)S(=O)(=O)c1ccc(Cl)cc1. The lowest BCUT2D eigenvalue weighted by atomic mass is 10.1. The topological polar surface area (TPSA) is 86.8 Å². The molecular formula is C24H31ClFN3O4S. The number of halogens is 2. The Morgan fingerprint density at radius 1 is 1.06 bits per heavy atom. The smallest absolute Gasteiger partial charge is 0.243 e. The normalized spacial score (nSPS) is 12.6. The molecule has 7 nitrogen and oxygen atoms in total. The molecule has 2 rings (SSSR count). The van der Waals surface area contributed by atoms with Gasteiger partial charge in [0, 0.05) is 25.2 Å². The van der Waals surface area contributed by atoms with Gasteiger partial charge in [-0.15, -0.1) is 0 Å². The van der Waals surface area contributed by atoms with E-state index < -0.39 is 34.3 Å². The summed E-state index contributed by atoms with van der Waals surface area (Å²) in [7, 11) is -2.66. The number of benzene rings is 2.